The van der Waals surface area contributed by atoms with Gasteiger partial charge in [0.2, 0.25) is 0 Å². The average Bonchev–Trinajstić information content (AvgIpc) is 2.92. The molecule has 0 aliphatic rings. The normalized spacial score (nSPS) is 9.82. The van der Waals surface area contributed by atoms with E-state index >= 15 is 0 Å². The highest BCUT2D eigenvalue weighted by molar-refractivity contribution is 9.13. The smallest absolute Gasteiger partial charge is 0.123 e. The zero-order valence-corrected chi connectivity index (χ0v) is 23.2. The first-order valence-electron chi connectivity index (χ1n) is 11.4. The Morgan fingerprint density at radius 3 is 1.08 bits per heavy atom. The van der Waals surface area contributed by atoms with Gasteiger partial charge in [0.05, 0.1) is 11.4 Å². The fourth-order valence-electron chi connectivity index (χ4n) is 2.98. The molecule has 194 valence electrons. The van der Waals surface area contributed by atoms with E-state index in [0.29, 0.717) is 5.69 Å². The van der Waals surface area contributed by atoms with Crippen molar-refractivity contribution in [1.29, 1.82) is 0 Å². The van der Waals surface area contributed by atoms with Crippen molar-refractivity contribution in [2.75, 3.05) is 16.4 Å². The van der Waals surface area contributed by atoms with Crippen LogP contribution in [0.4, 0.5) is 41.6 Å². The standard InChI is InChI=1S/C18H14F2N2.C6H4Br2.C6H6FN/c19-13-5-9-15(10-6-13)21-17-3-1-2-4-18(17)22-16-11-7-14(20)8-12-16;7-5-3-1-2-4-6(5)8;7-5-1-3-6(8)4-2-5/h1-12,21-22H;1-4H;1-4H,8H2. The molecule has 0 unspecified atom stereocenters. The van der Waals surface area contributed by atoms with Gasteiger partial charge in [0.25, 0.3) is 0 Å². The molecule has 0 saturated heterocycles. The van der Waals surface area contributed by atoms with Crippen molar-refractivity contribution in [2.45, 2.75) is 0 Å². The monoisotopic (exact) mass is 641 g/mol. The molecule has 38 heavy (non-hydrogen) atoms. The SMILES string of the molecule is Brc1ccccc1Br.Fc1ccc(Nc2ccccc2Nc2ccc(F)cc2)cc1.Nc1ccc(F)cc1. The molecule has 0 amide bonds. The minimum atomic E-state index is -0.275. The highest BCUT2D eigenvalue weighted by atomic mass is 79.9. The molecule has 5 rings (SSSR count). The maximum absolute atomic E-state index is 13.0. The van der Waals surface area contributed by atoms with E-state index < -0.39 is 0 Å². The number of anilines is 5. The summed E-state index contributed by atoms with van der Waals surface area (Å²) in [6.07, 6.45) is 0. The predicted octanol–water partition coefficient (Wildman–Crippen LogP) is 10.1. The van der Waals surface area contributed by atoms with Crippen LogP contribution in [-0.2, 0) is 0 Å². The maximum atomic E-state index is 13.0. The summed E-state index contributed by atoms with van der Waals surface area (Å²) >= 11 is 6.70. The first-order valence-corrected chi connectivity index (χ1v) is 12.9. The highest BCUT2D eigenvalue weighted by Crippen LogP contribution is 2.28. The Balaban J connectivity index is 0.000000203. The molecule has 0 saturated carbocycles. The number of nitrogen functional groups attached to an aromatic ring is 1. The Morgan fingerprint density at radius 2 is 0.763 bits per heavy atom. The van der Waals surface area contributed by atoms with Crippen LogP contribution < -0.4 is 16.4 Å². The molecule has 0 aromatic heterocycles. The van der Waals surface area contributed by atoms with Crippen LogP contribution in [0.25, 0.3) is 0 Å². The summed E-state index contributed by atoms with van der Waals surface area (Å²) in [4.78, 5) is 0. The molecule has 3 nitrogen and oxygen atoms in total. The van der Waals surface area contributed by atoms with Crippen LogP contribution in [0.1, 0.15) is 0 Å². The van der Waals surface area contributed by atoms with Gasteiger partial charge in [0.15, 0.2) is 0 Å². The molecule has 0 bridgehead atoms. The van der Waals surface area contributed by atoms with Crippen molar-refractivity contribution >= 4 is 60.3 Å². The lowest BCUT2D eigenvalue weighted by Crippen LogP contribution is -1.97. The molecule has 4 N–H and O–H groups in total. The zero-order valence-electron chi connectivity index (χ0n) is 20.0. The third-order valence-electron chi connectivity index (χ3n) is 4.87. The van der Waals surface area contributed by atoms with Gasteiger partial charge in [0.1, 0.15) is 17.5 Å². The summed E-state index contributed by atoms with van der Waals surface area (Å²) < 4.78 is 40.1. The first-order chi connectivity index (χ1) is 18.3. The van der Waals surface area contributed by atoms with Gasteiger partial charge < -0.3 is 16.4 Å². The molecule has 5 aromatic carbocycles. The molecule has 8 heteroatoms. The van der Waals surface area contributed by atoms with Crippen LogP contribution in [0, 0.1) is 17.5 Å². The summed E-state index contributed by atoms with van der Waals surface area (Å²) in [5, 5.41) is 6.46. The van der Waals surface area contributed by atoms with E-state index in [1.54, 1.807) is 24.3 Å². The van der Waals surface area contributed by atoms with E-state index in [1.807, 2.05) is 48.5 Å². The van der Waals surface area contributed by atoms with Crippen molar-refractivity contribution in [3.05, 3.63) is 148 Å². The largest absolute Gasteiger partial charge is 0.399 e. The summed E-state index contributed by atoms with van der Waals surface area (Å²) in [6, 6.07) is 33.6. The van der Waals surface area contributed by atoms with Gasteiger partial charge in [-0.05, 0) is 129 Å². The number of hydrogen-bond acceptors (Lipinski definition) is 3. The third kappa shape index (κ3) is 9.95. The number of benzene rings is 5. The molecule has 0 spiro atoms. The van der Waals surface area contributed by atoms with Gasteiger partial charge in [-0.25, -0.2) is 13.2 Å². The molecule has 0 heterocycles. The molecule has 0 radical (unpaired) electrons. The lowest BCUT2D eigenvalue weighted by atomic mass is 10.2. The molecule has 0 atom stereocenters. The van der Waals surface area contributed by atoms with E-state index in [0.717, 1.165) is 31.7 Å². The van der Waals surface area contributed by atoms with Gasteiger partial charge >= 0.3 is 0 Å². The van der Waals surface area contributed by atoms with Crippen molar-refractivity contribution in [2.24, 2.45) is 0 Å². The van der Waals surface area contributed by atoms with E-state index in [-0.39, 0.29) is 17.5 Å². The van der Waals surface area contributed by atoms with Gasteiger partial charge in [-0.1, -0.05) is 24.3 Å². The van der Waals surface area contributed by atoms with Crippen LogP contribution in [-0.4, -0.2) is 0 Å². The van der Waals surface area contributed by atoms with Crippen LogP contribution in [0.2, 0.25) is 0 Å². The Bertz CT molecular complexity index is 1300. The number of nitrogens with one attached hydrogen (secondary N) is 2. The minimum Gasteiger partial charge on any atom is -0.399 e. The molecular formula is C30H24Br2F3N3. The van der Waals surface area contributed by atoms with Crippen LogP contribution in [0.3, 0.4) is 0 Å². The lowest BCUT2D eigenvalue weighted by Gasteiger charge is -2.14. The predicted molar refractivity (Wildman–Crippen MR) is 158 cm³/mol. The third-order valence-corrected chi connectivity index (χ3v) is 6.78. The fourth-order valence-corrected chi connectivity index (χ4v) is 3.55. The molecule has 0 aliphatic carbocycles. The summed E-state index contributed by atoms with van der Waals surface area (Å²) in [6.45, 7) is 0. The second kappa shape index (κ2) is 14.9. The number of hydrogen-bond donors (Lipinski definition) is 3. The summed E-state index contributed by atoms with van der Waals surface area (Å²) in [5.74, 6) is -0.800. The van der Waals surface area contributed by atoms with Gasteiger partial charge in [-0.2, -0.15) is 0 Å². The topological polar surface area (TPSA) is 50.1 Å². The number of para-hydroxylation sites is 2. The average molecular weight is 643 g/mol. The van der Waals surface area contributed by atoms with Crippen molar-refractivity contribution < 1.29 is 13.2 Å². The zero-order chi connectivity index (χ0) is 27.3. The lowest BCUT2D eigenvalue weighted by molar-refractivity contribution is 0.627. The number of nitrogens with two attached hydrogens (primary N) is 1. The maximum Gasteiger partial charge on any atom is 0.123 e. The Kier molecular flexibility index (Phi) is 11.3. The summed E-state index contributed by atoms with van der Waals surface area (Å²) in [7, 11) is 0. The molecule has 0 aliphatic heterocycles. The molecule has 5 aromatic rings. The Morgan fingerprint density at radius 1 is 0.447 bits per heavy atom. The second-order valence-corrected chi connectivity index (χ2v) is 9.48. The summed E-state index contributed by atoms with van der Waals surface area (Å²) in [5.41, 5.74) is 9.11. The molecular weight excluding hydrogens is 619 g/mol. The van der Waals surface area contributed by atoms with E-state index in [4.69, 9.17) is 5.73 Å². The molecule has 0 fully saturated rings. The highest BCUT2D eigenvalue weighted by Gasteiger charge is 2.03. The quantitative estimate of drug-likeness (QED) is 0.171. The Labute approximate surface area is 236 Å². The van der Waals surface area contributed by atoms with Crippen LogP contribution >= 0.6 is 31.9 Å². The fraction of sp³-hybridized carbons (Fsp3) is 0. The van der Waals surface area contributed by atoms with E-state index in [2.05, 4.69) is 42.5 Å². The second-order valence-electron chi connectivity index (χ2n) is 7.78. The van der Waals surface area contributed by atoms with Crippen molar-refractivity contribution in [3.63, 3.8) is 0 Å². The van der Waals surface area contributed by atoms with Gasteiger partial charge in [-0.15, -0.1) is 0 Å². The number of rotatable bonds is 4. The van der Waals surface area contributed by atoms with Crippen molar-refractivity contribution in [1.82, 2.24) is 0 Å². The van der Waals surface area contributed by atoms with Crippen LogP contribution in [0.5, 0.6) is 0 Å². The van der Waals surface area contributed by atoms with E-state index in [9.17, 15) is 13.2 Å². The van der Waals surface area contributed by atoms with E-state index in [1.165, 1.54) is 48.5 Å². The van der Waals surface area contributed by atoms with Gasteiger partial charge in [-0.3, -0.25) is 0 Å². The minimum absolute atomic E-state index is 0.251. The van der Waals surface area contributed by atoms with Crippen LogP contribution in [0.15, 0.2) is 130 Å². The Hall–Kier alpha value is -3.75. The first kappa shape index (κ1) is 28.8. The van der Waals surface area contributed by atoms with Crippen molar-refractivity contribution in [3.8, 4) is 0 Å². The number of halogens is 5. The van der Waals surface area contributed by atoms with Gasteiger partial charge in [0, 0.05) is 26.0 Å².